The zero-order valence-corrected chi connectivity index (χ0v) is 11.2. The number of hydrogen-bond donors (Lipinski definition) is 1. The Bertz CT molecular complexity index is 542. The van der Waals surface area contributed by atoms with Crippen LogP contribution in [0.2, 0.25) is 0 Å². The zero-order valence-electron chi connectivity index (χ0n) is 9.57. The number of benzene rings is 1. The van der Waals surface area contributed by atoms with Gasteiger partial charge in [-0.05, 0) is 36.8 Å². The summed E-state index contributed by atoms with van der Waals surface area (Å²) in [4.78, 5) is 11.8. The van der Waals surface area contributed by atoms with E-state index in [9.17, 15) is 4.79 Å². The summed E-state index contributed by atoms with van der Waals surface area (Å²) in [7, 11) is 1.78. The van der Waals surface area contributed by atoms with Gasteiger partial charge in [0.15, 0.2) is 5.69 Å². The monoisotopic (exact) mass is 293 g/mol. The van der Waals surface area contributed by atoms with Crippen LogP contribution in [0.3, 0.4) is 0 Å². The molecule has 1 N–H and O–H groups in total. The zero-order chi connectivity index (χ0) is 12.4. The van der Waals surface area contributed by atoms with Crippen LogP contribution in [0.4, 0.5) is 5.69 Å². The quantitative estimate of drug-likeness (QED) is 0.925. The van der Waals surface area contributed by atoms with E-state index in [4.69, 9.17) is 0 Å². The van der Waals surface area contributed by atoms with Crippen molar-refractivity contribution in [1.29, 1.82) is 0 Å². The van der Waals surface area contributed by atoms with Gasteiger partial charge in [0.25, 0.3) is 5.91 Å². The van der Waals surface area contributed by atoms with Gasteiger partial charge in [-0.1, -0.05) is 15.9 Å². The number of halogens is 1. The molecule has 0 fully saturated rings. The molecule has 0 saturated carbocycles. The van der Waals surface area contributed by atoms with E-state index in [1.54, 1.807) is 24.0 Å². The van der Waals surface area contributed by atoms with Gasteiger partial charge in [-0.25, -0.2) is 0 Å². The molecule has 0 saturated heterocycles. The summed E-state index contributed by atoms with van der Waals surface area (Å²) in [6, 6.07) is 7.43. The molecule has 2 aromatic rings. The Morgan fingerprint density at radius 2 is 2.18 bits per heavy atom. The van der Waals surface area contributed by atoms with Gasteiger partial charge >= 0.3 is 0 Å². The van der Waals surface area contributed by atoms with E-state index in [2.05, 4.69) is 26.3 Å². The second-order valence-corrected chi connectivity index (χ2v) is 4.76. The molecule has 4 nitrogen and oxygen atoms in total. The van der Waals surface area contributed by atoms with E-state index in [1.807, 2.05) is 25.1 Å². The van der Waals surface area contributed by atoms with Crippen molar-refractivity contribution in [2.75, 3.05) is 5.32 Å². The summed E-state index contributed by atoms with van der Waals surface area (Å²) in [5, 5.41) is 6.85. The van der Waals surface area contributed by atoms with Gasteiger partial charge in [0, 0.05) is 23.4 Å². The van der Waals surface area contributed by atoms with Crippen LogP contribution in [0, 0.1) is 6.92 Å². The predicted octanol–water partition coefficient (Wildman–Crippen LogP) is 2.74. The highest BCUT2D eigenvalue weighted by atomic mass is 79.9. The number of hydrogen-bond acceptors (Lipinski definition) is 2. The maximum absolute atomic E-state index is 11.8. The van der Waals surface area contributed by atoms with Gasteiger partial charge in [-0.15, -0.1) is 0 Å². The van der Waals surface area contributed by atoms with E-state index in [0.29, 0.717) is 5.69 Å². The maximum Gasteiger partial charge on any atom is 0.276 e. The highest BCUT2D eigenvalue weighted by Crippen LogP contribution is 2.19. The lowest BCUT2D eigenvalue weighted by molar-refractivity contribution is 0.102. The second kappa shape index (κ2) is 4.71. The van der Waals surface area contributed by atoms with Crippen molar-refractivity contribution in [3.63, 3.8) is 0 Å². The minimum absolute atomic E-state index is 0.205. The van der Waals surface area contributed by atoms with Gasteiger partial charge in [-0.3, -0.25) is 9.48 Å². The number of amides is 1. The van der Waals surface area contributed by atoms with Gasteiger partial charge < -0.3 is 5.32 Å². The Labute approximate surface area is 108 Å². The van der Waals surface area contributed by atoms with Gasteiger partial charge in [0.2, 0.25) is 0 Å². The van der Waals surface area contributed by atoms with Crippen LogP contribution < -0.4 is 5.32 Å². The molecule has 0 aliphatic rings. The molecular formula is C12H12BrN3O. The first kappa shape index (κ1) is 11.9. The summed E-state index contributed by atoms with van der Waals surface area (Å²) in [5.74, 6) is -0.205. The number of carbonyl (C=O) groups is 1. The molecule has 1 heterocycles. The summed E-state index contributed by atoms with van der Waals surface area (Å²) in [6.45, 7) is 1.97. The van der Waals surface area contributed by atoms with Crippen molar-refractivity contribution in [1.82, 2.24) is 9.78 Å². The Hall–Kier alpha value is -1.62. The summed E-state index contributed by atoms with van der Waals surface area (Å²) >= 11 is 3.39. The van der Waals surface area contributed by atoms with Gasteiger partial charge in [0.05, 0.1) is 0 Å². The topological polar surface area (TPSA) is 46.9 Å². The van der Waals surface area contributed by atoms with Crippen LogP contribution in [-0.2, 0) is 7.05 Å². The number of nitrogens with zero attached hydrogens (tertiary/aromatic N) is 2. The molecule has 17 heavy (non-hydrogen) atoms. The standard InChI is InChI=1S/C12H12BrN3O/c1-8-5-9(13)7-10(6-8)14-12(17)11-3-4-16(2)15-11/h3-7H,1-2H3,(H,14,17). The SMILES string of the molecule is Cc1cc(Br)cc(NC(=O)c2ccn(C)n2)c1. The second-order valence-electron chi connectivity index (χ2n) is 3.85. The first-order chi connectivity index (χ1) is 8.04. The first-order valence-corrected chi connectivity index (χ1v) is 5.92. The van der Waals surface area contributed by atoms with Gasteiger partial charge in [-0.2, -0.15) is 5.10 Å². The Kier molecular flexibility index (Phi) is 3.28. The lowest BCUT2D eigenvalue weighted by Crippen LogP contribution is -2.13. The van der Waals surface area contributed by atoms with Crippen LogP contribution in [-0.4, -0.2) is 15.7 Å². The molecule has 1 aromatic carbocycles. The number of anilines is 1. The summed E-state index contributed by atoms with van der Waals surface area (Å²) in [6.07, 6.45) is 1.74. The van der Waals surface area contributed by atoms with Crippen LogP contribution in [0.25, 0.3) is 0 Å². The minimum atomic E-state index is -0.205. The van der Waals surface area contributed by atoms with Gasteiger partial charge in [0.1, 0.15) is 0 Å². The van der Waals surface area contributed by atoms with E-state index in [1.165, 1.54) is 0 Å². The molecule has 2 rings (SSSR count). The smallest absolute Gasteiger partial charge is 0.276 e. The Morgan fingerprint density at radius 1 is 1.41 bits per heavy atom. The third-order valence-electron chi connectivity index (χ3n) is 2.25. The molecule has 0 spiro atoms. The predicted molar refractivity (Wildman–Crippen MR) is 70.0 cm³/mol. The molecule has 1 aromatic heterocycles. The highest BCUT2D eigenvalue weighted by Gasteiger charge is 2.09. The Balaban J connectivity index is 2.18. The average molecular weight is 294 g/mol. The molecule has 0 radical (unpaired) electrons. The van der Waals surface area contributed by atoms with Crippen LogP contribution in [0.5, 0.6) is 0 Å². The Morgan fingerprint density at radius 3 is 2.76 bits per heavy atom. The average Bonchev–Trinajstić information content (AvgIpc) is 2.63. The molecule has 0 aliphatic heterocycles. The van der Waals surface area contributed by atoms with E-state index >= 15 is 0 Å². The minimum Gasteiger partial charge on any atom is -0.321 e. The molecule has 5 heteroatoms. The third kappa shape index (κ3) is 2.94. The first-order valence-electron chi connectivity index (χ1n) is 5.13. The molecule has 0 aliphatic carbocycles. The van der Waals surface area contributed by atoms with Crippen molar-refractivity contribution in [2.45, 2.75) is 6.92 Å². The third-order valence-corrected chi connectivity index (χ3v) is 2.70. The molecule has 1 amide bonds. The molecule has 0 bridgehead atoms. The maximum atomic E-state index is 11.8. The lowest BCUT2D eigenvalue weighted by Gasteiger charge is -2.05. The van der Waals surface area contributed by atoms with E-state index < -0.39 is 0 Å². The number of nitrogens with one attached hydrogen (secondary N) is 1. The van der Waals surface area contributed by atoms with Crippen LogP contribution in [0.15, 0.2) is 34.9 Å². The van der Waals surface area contributed by atoms with Crippen molar-refractivity contribution in [3.8, 4) is 0 Å². The van der Waals surface area contributed by atoms with Crippen molar-refractivity contribution < 1.29 is 4.79 Å². The van der Waals surface area contributed by atoms with Crippen molar-refractivity contribution in [2.24, 2.45) is 7.05 Å². The lowest BCUT2D eigenvalue weighted by atomic mass is 10.2. The molecular weight excluding hydrogens is 282 g/mol. The van der Waals surface area contributed by atoms with Crippen LogP contribution in [0.1, 0.15) is 16.1 Å². The largest absolute Gasteiger partial charge is 0.321 e. The van der Waals surface area contributed by atoms with Crippen molar-refractivity contribution in [3.05, 3.63) is 46.2 Å². The number of carbonyl (C=O) groups excluding carboxylic acids is 1. The summed E-state index contributed by atoms with van der Waals surface area (Å²) < 4.78 is 2.54. The van der Waals surface area contributed by atoms with Crippen LogP contribution >= 0.6 is 15.9 Å². The van der Waals surface area contributed by atoms with Crippen molar-refractivity contribution >= 4 is 27.5 Å². The highest BCUT2D eigenvalue weighted by molar-refractivity contribution is 9.10. The molecule has 88 valence electrons. The van der Waals surface area contributed by atoms with E-state index in [0.717, 1.165) is 15.7 Å². The molecule has 0 atom stereocenters. The fourth-order valence-electron chi connectivity index (χ4n) is 1.54. The summed E-state index contributed by atoms with van der Waals surface area (Å²) in [5.41, 5.74) is 2.24. The number of aromatic nitrogens is 2. The molecule has 0 unspecified atom stereocenters. The van der Waals surface area contributed by atoms with E-state index in [-0.39, 0.29) is 5.91 Å². The fourth-order valence-corrected chi connectivity index (χ4v) is 2.15. The fraction of sp³-hybridized carbons (Fsp3) is 0.167. The number of aryl methyl sites for hydroxylation is 2. The number of rotatable bonds is 2. The normalized spacial score (nSPS) is 10.3.